The maximum atomic E-state index is 12.3. The minimum Gasteiger partial charge on any atom is -0.336 e. The van der Waals surface area contributed by atoms with Crippen molar-refractivity contribution >= 4 is 5.91 Å². The molecule has 3 nitrogen and oxygen atoms in total. The van der Waals surface area contributed by atoms with E-state index < -0.39 is 6.04 Å². The van der Waals surface area contributed by atoms with E-state index in [0.29, 0.717) is 13.1 Å². The molecule has 2 aromatic rings. The molecule has 2 aromatic carbocycles. The van der Waals surface area contributed by atoms with Crippen LogP contribution in [-0.4, -0.2) is 17.4 Å². The molecule has 0 saturated carbocycles. The highest BCUT2D eigenvalue weighted by Crippen LogP contribution is 2.25. The van der Waals surface area contributed by atoms with E-state index in [4.69, 9.17) is 5.73 Å². The molecule has 0 bridgehead atoms. The summed E-state index contributed by atoms with van der Waals surface area (Å²) in [5.74, 6) is 0.0274. The lowest BCUT2D eigenvalue weighted by atomic mass is 9.95. The lowest BCUT2D eigenvalue weighted by Crippen LogP contribution is -2.43. The van der Waals surface area contributed by atoms with E-state index in [1.807, 2.05) is 41.3 Å². The predicted octanol–water partition coefficient (Wildman–Crippen LogP) is 2.27. The normalized spacial score (nSPS) is 17.9. The van der Waals surface area contributed by atoms with E-state index in [-0.39, 0.29) is 5.91 Å². The Morgan fingerprint density at radius 1 is 1.05 bits per heavy atom. The van der Waals surface area contributed by atoms with Crippen LogP contribution < -0.4 is 5.73 Å². The van der Waals surface area contributed by atoms with E-state index in [1.165, 1.54) is 5.56 Å². The quantitative estimate of drug-likeness (QED) is 0.926. The zero-order valence-corrected chi connectivity index (χ0v) is 11.3. The molecule has 1 unspecified atom stereocenters. The predicted molar refractivity (Wildman–Crippen MR) is 78.9 cm³/mol. The molecular formula is C17H18N2O. The van der Waals surface area contributed by atoms with Crippen molar-refractivity contribution in [1.82, 2.24) is 4.90 Å². The van der Waals surface area contributed by atoms with Gasteiger partial charge in [0.15, 0.2) is 0 Å². The molecule has 0 saturated heterocycles. The van der Waals surface area contributed by atoms with Gasteiger partial charge in [-0.1, -0.05) is 54.6 Å². The molecule has 2 N–H and O–H groups in total. The van der Waals surface area contributed by atoms with Crippen LogP contribution in [0.5, 0.6) is 0 Å². The van der Waals surface area contributed by atoms with Crippen LogP contribution in [-0.2, 0) is 17.8 Å². The SMILES string of the molecule is NC1C(=O)N(CCc2ccccc2)Cc2ccccc21. The molecule has 1 amide bonds. The standard InChI is InChI=1S/C17H18N2O/c18-16-15-9-5-4-8-14(15)12-19(17(16)20)11-10-13-6-2-1-3-7-13/h1-9,16H,10-12,18H2. The van der Waals surface area contributed by atoms with Gasteiger partial charge in [0, 0.05) is 13.1 Å². The van der Waals surface area contributed by atoms with E-state index in [0.717, 1.165) is 17.5 Å². The van der Waals surface area contributed by atoms with Crippen molar-refractivity contribution in [2.45, 2.75) is 19.0 Å². The Balaban J connectivity index is 1.74. The van der Waals surface area contributed by atoms with Gasteiger partial charge in [0.25, 0.3) is 0 Å². The number of hydrogen-bond donors (Lipinski definition) is 1. The topological polar surface area (TPSA) is 46.3 Å². The van der Waals surface area contributed by atoms with Crippen molar-refractivity contribution < 1.29 is 4.79 Å². The Bertz CT molecular complexity index is 609. The Labute approximate surface area is 119 Å². The average Bonchev–Trinajstić information content (AvgIpc) is 2.50. The first-order valence-corrected chi connectivity index (χ1v) is 6.92. The smallest absolute Gasteiger partial charge is 0.244 e. The minimum atomic E-state index is -0.518. The van der Waals surface area contributed by atoms with Crippen LogP contribution in [0.3, 0.4) is 0 Å². The minimum absolute atomic E-state index is 0.0274. The summed E-state index contributed by atoms with van der Waals surface area (Å²) in [5, 5.41) is 0. The molecule has 0 spiro atoms. The number of benzene rings is 2. The lowest BCUT2D eigenvalue weighted by molar-refractivity contribution is -0.134. The van der Waals surface area contributed by atoms with Crippen LogP contribution in [0.25, 0.3) is 0 Å². The number of nitrogens with two attached hydrogens (primary N) is 1. The summed E-state index contributed by atoms with van der Waals surface area (Å²) in [7, 11) is 0. The zero-order chi connectivity index (χ0) is 13.9. The van der Waals surface area contributed by atoms with Crippen molar-refractivity contribution in [2.75, 3.05) is 6.54 Å². The lowest BCUT2D eigenvalue weighted by Gasteiger charge is -2.32. The number of rotatable bonds is 3. The molecule has 0 radical (unpaired) electrons. The van der Waals surface area contributed by atoms with Gasteiger partial charge in [-0.3, -0.25) is 4.79 Å². The Morgan fingerprint density at radius 2 is 1.75 bits per heavy atom. The summed E-state index contributed by atoms with van der Waals surface area (Å²) in [4.78, 5) is 14.2. The van der Waals surface area contributed by atoms with Gasteiger partial charge < -0.3 is 10.6 Å². The van der Waals surface area contributed by atoms with Crippen LogP contribution in [0.2, 0.25) is 0 Å². The third-order valence-corrected chi connectivity index (χ3v) is 3.84. The molecule has 102 valence electrons. The van der Waals surface area contributed by atoms with Crippen molar-refractivity contribution in [3.63, 3.8) is 0 Å². The highest BCUT2D eigenvalue weighted by atomic mass is 16.2. The van der Waals surface area contributed by atoms with Gasteiger partial charge >= 0.3 is 0 Å². The highest BCUT2D eigenvalue weighted by Gasteiger charge is 2.29. The van der Waals surface area contributed by atoms with Crippen molar-refractivity contribution in [3.8, 4) is 0 Å². The number of hydrogen-bond acceptors (Lipinski definition) is 2. The highest BCUT2D eigenvalue weighted by molar-refractivity contribution is 5.85. The van der Waals surface area contributed by atoms with E-state index in [2.05, 4.69) is 18.2 Å². The van der Waals surface area contributed by atoms with Gasteiger partial charge in [-0.25, -0.2) is 0 Å². The van der Waals surface area contributed by atoms with Gasteiger partial charge in [-0.2, -0.15) is 0 Å². The molecule has 3 heteroatoms. The molecule has 20 heavy (non-hydrogen) atoms. The number of fused-ring (bicyclic) bond motifs is 1. The molecule has 1 heterocycles. The van der Waals surface area contributed by atoms with E-state index in [1.54, 1.807) is 0 Å². The number of carbonyl (C=O) groups is 1. The summed E-state index contributed by atoms with van der Waals surface area (Å²) in [6.07, 6.45) is 0.863. The average molecular weight is 266 g/mol. The van der Waals surface area contributed by atoms with Crippen molar-refractivity contribution in [1.29, 1.82) is 0 Å². The Morgan fingerprint density at radius 3 is 2.55 bits per heavy atom. The summed E-state index contributed by atoms with van der Waals surface area (Å²) < 4.78 is 0. The fourth-order valence-corrected chi connectivity index (χ4v) is 2.69. The Kier molecular flexibility index (Phi) is 3.52. The molecule has 0 fully saturated rings. The molecule has 0 aromatic heterocycles. The zero-order valence-electron chi connectivity index (χ0n) is 11.3. The second-order valence-corrected chi connectivity index (χ2v) is 5.17. The molecular weight excluding hydrogens is 248 g/mol. The summed E-state index contributed by atoms with van der Waals surface area (Å²) in [6, 6.07) is 17.6. The largest absolute Gasteiger partial charge is 0.336 e. The van der Waals surface area contributed by atoms with Crippen molar-refractivity contribution in [3.05, 3.63) is 71.3 Å². The van der Waals surface area contributed by atoms with Crippen LogP contribution in [0.1, 0.15) is 22.7 Å². The van der Waals surface area contributed by atoms with Crippen LogP contribution in [0.15, 0.2) is 54.6 Å². The second-order valence-electron chi connectivity index (χ2n) is 5.17. The van der Waals surface area contributed by atoms with Gasteiger partial charge in [0.2, 0.25) is 5.91 Å². The van der Waals surface area contributed by atoms with Gasteiger partial charge in [-0.05, 0) is 23.1 Å². The van der Waals surface area contributed by atoms with Crippen LogP contribution in [0.4, 0.5) is 0 Å². The first kappa shape index (κ1) is 12.9. The third kappa shape index (κ3) is 2.45. The van der Waals surface area contributed by atoms with Crippen LogP contribution in [0, 0.1) is 0 Å². The summed E-state index contributed by atoms with van der Waals surface area (Å²) >= 11 is 0. The molecule has 1 atom stereocenters. The fourth-order valence-electron chi connectivity index (χ4n) is 2.69. The van der Waals surface area contributed by atoms with Crippen LogP contribution >= 0.6 is 0 Å². The third-order valence-electron chi connectivity index (χ3n) is 3.84. The van der Waals surface area contributed by atoms with Gasteiger partial charge in [0.05, 0.1) is 0 Å². The molecule has 1 aliphatic rings. The van der Waals surface area contributed by atoms with E-state index >= 15 is 0 Å². The van der Waals surface area contributed by atoms with Crippen molar-refractivity contribution in [2.24, 2.45) is 5.73 Å². The summed E-state index contributed by atoms with van der Waals surface area (Å²) in [5.41, 5.74) is 9.43. The maximum absolute atomic E-state index is 12.3. The second kappa shape index (κ2) is 5.47. The van der Waals surface area contributed by atoms with Gasteiger partial charge in [-0.15, -0.1) is 0 Å². The molecule has 0 aliphatic carbocycles. The van der Waals surface area contributed by atoms with Gasteiger partial charge in [0.1, 0.15) is 6.04 Å². The number of carbonyl (C=O) groups excluding carboxylic acids is 1. The summed E-state index contributed by atoms with van der Waals surface area (Å²) in [6.45, 7) is 1.38. The van der Waals surface area contributed by atoms with E-state index in [9.17, 15) is 4.79 Å². The number of nitrogens with zero attached hydrogens (tertiary/aromatic N) is 1. The number of amides is 1. The Hall–Kier alpha value is -2.13. The monoisotopic (exact) mass is 266 g/mol. The first-order valence-electron chi connectivity index (χ1n) is 6.92. The molecule has 1 aliphatic heterocycles. The fraction of sp³-hybridized carbons (Fsp3) is 0.235. The first-order chi connectivity index (χ1) is 9.75. The maximum Gasteiger partial charge on any atom is 0.244 e. The molecule has 3 rings (SSSR count).